The van der Waals surface area contributed by atoms with Gasteiger partial charge in [0.2, 0.25) is 0 Å². The van der Waals surface area contributed by atoms with E-state index in [1.807, 2.05) is 12.1 Å². The highest BCUT2D eigenvalue weighted by Gasteiger charge is 2.13. The summed E-state index contributed by atoms with van der Waals surface area (Å²) in [5.74, 6) is 1.52. The summed E-state index contributed by atoms with van der Waals surface area (Å²) in [5, 5.41) is 3.61. The quantitative estimate of drug-likeness (QED) is 0.843. The minimum absolute atomic E-state index is 0.242. The lowest BCUT2D eigenvalue weighted by molar-refractivity contribution is 0.354. The number of rotatable bonds is 6. The first-order valence-electron chi connectivity index (χ1n) is 7.23. The van der Waals surface area contributed by atoms with Crippen LogP contribution < -0.4 is 14.8 Å². The van der Waals surface area contributed by atoms with Gasteiger partial charge in [-0.05, 0) is 42.7 Å². The summed E-state index contributed by atoms with van der Waals surface area (Å²) in [5.41, 5.74) is 3.61. The molecule has 0 aliphatic rings. The first-order chi connectivity index (χ1) is 10.2. The third kappa shape index (κ3) is 3.48. The fourth-order valence-corrected chi connectivity index (χ4v) is 2.41. The molecule has 0 radical (unpaired) electrons. The SMILES string of the molecule is CCC(Nc1ccccc1C)c1ccc(OC)c(OC)c1. The van der Waals surface area contributed by atoms with Gasteiger partial charge in [-0.1, -0.05) is 31.2 Å². The summed E-state index contributed by atoms with van der Waals surface area (Å²) in [4.78, 5) is 0. The van der Waals surface area contributed by atoms with Crippen molar-refractivity contribution in [3.63, 3.8) is 0 Å². The average Bonchev–Trinajstić information content (AvgIpc) is 2.53. The van der Waals surface area contributed by atoms with Crippen molar-refractivity contribution < 1.29 is 9.47 Å². The Bertz CT molecular complexity index is 596. The number of para-hydroxylation sites is 1. The standard InChI is InChI=1S/C18H23NO2/c1-5-15(19-16-9-7-6-8-13(16)2)14-10-11-17(20-3)18(12-14)21-4/h6-12,15,19H,5H2,1-4H3. The second kappa shape index (κ2) is 7.02. The van der Waals surface area contributed by atoms with Crippen LogP contribution >= 0.6 is 0 Å². The van der Waals surface area contributed by atoms with Gasteiger partial charge in [-0.2, -0.15) is 0 Å². The van der Waals surface area contributed by atoms with Crippen molar-refractivity contribution in [1.82, 2.24) is 0 Å². The minimum atomic E-state index is 0.242. The van der Waals surface area contributed by atoms with E-state index in [1.54, 1.807) is 14.2 Å². The Morgan fingerprint density at radius 2 is 1.71 bits per heavy atom. The first kappa shape index (κ1) is 15.2. The summed E-state index contributed by atoms with van der Waals surface area (Å²) in [6.07, 6.45) is 0.990. The molecule has 0 aromatic heterocycles. The molecule has 1 unspecified atom stereocenters. The van der Waals surface area contributed by atoms with Crippen molar-refractivity contribution in [2.45, 2.75) is 26.3 Å². The van der Waals surface area contributed by atoms with Gasteiger partial charge < -0.3 is 14.8 Å². The van der Waals surface area contributed by atoms with Crippen molar-refractivity contribution in [2.75, 3.05) is 19.5 Å². The zero-order valence-corrected chi connectivity index (χ0v) is 13.1. The van der Waals surface area contributed by atoms with Gasteiger partial charge in [-0.15, -0.1) is 0 Å². The van der Waals surface area contributed by atoms with E-state index >= 15 is 0 Å². The lowest BCUT2D eigenvalue weighted by Crippen LogP contribution is -2.10. The summed E-state index contributed by atoms with van der Waals surface area (Å²) < 4.78 is 10.7. The van der Waals surface area contributed by atoms with E-state index in [9.17, 15) is 0 Å². The van der Waals surface area contributed by atoms with Gasteiger partial charge in [0.15, 0.2) is 11.5 Å². The van der Waals surface area contributed by atoms with Crippen LogP contribution in [0.25, 0.3) is 0 Å². The number of ether oxygens (including phenoxy) is 2. The Morgan fingerprint density at radius 3 is 2.33 bits per heavy atom. The van der Waals surface area contributed by atoms with Crippen molar-refractivity contribution in [1.29, 1.82) is 0 Å². The number of aryl methyl sites for hydroxylation is 1. The zero-order chi connectivity index (χ0) is 15.2. The van der Waals surface area contributed by atoms with Gasteiger partial charge in [0.1, 0.15) is 0 Å². The largest absolute Gasteiger partial charge is 0.493 e. The Labute approximate surface area is 126 Å². The van der Waals surface area contributed by atoms with E-state index in [-0.39, 0.29) is 6.04 Å². The first-order valence-corrected chi connectivity index (χ1v) is 7.23. The molecule has 3 nitrogen and oxygen atoms in total. The molecule has 0 saturated heterocycles. The Kier molecular flexibility index (Phi) is 5.09. The zero-order valence-electron chi connectivity index (χ0n) is 13.1. The highest BCUT2D eigenvalue weighted by atomic mass is 16.5. The van der Waals surface area contributed by atoms with Gasteiger partial charge >= 0.3 is 0 Å². The predicted molar refractivity (Wildman–Crippen MR) is 87.4 cm³/mol. The molecule has 0 amide bonds. The molecule has 2 aromatic carbocycles. The van der Waals surface area contributed by atoms with Crippen molar-refractivity contribution in [3.8, 4) is 11.5 Å². The van der Waals surface area contributed by atoms with Crippen LogP contribution in [0.4, 0.5) is 5.69 Å². The second-order valence-corrected chi connectivity index (χ2v) is 5.03. The molecule has 1 N–H and O–H groups in total. The fraction of sp³-hybridized carbons (Fsp3) is 0.333. The lowest BCUT2D eigenvalue weighted by atomic mass is 10.0. The molecule has 2 aromatic rings. The number of methoxy groups -OCH3 is 2. The van der Waals surface area contributed by atoms with Crippen molar-refractivity contribution in [2.24, 2.45) is 0 Å². The van der Waals surface area contributed by atoms with E-state index in [1.165, 1.54) is 16.8 Å². The number of hydrogen-bond donors (Lipinski definition) is 1. The normalized spacial score (nSPS) is 11.8. The molecule has 0 spiro atoms. The van der Waals surface area contributed by atoms with E-state index in [2.05, 4.69) is 49.5 Å². The third-order valence-corrected chi connectivity index (χ3v) is 3.69. The Morgan fingerprint density at radius 1 is 1.00 bits per heavy atom. The van der Waals surface area contributed by atoms with Crippen molar-refractivity contribution in [3.05, 3.63) is 53.6 Å². The summed E-state index contributed by atoms with van der Waals surface area (Å²) in [6, 6.07) is 14.7. The molecule has 0 heterocycles. The van der Waals surface area contributed by atoms with Gasteiger partial charge in [-0.25, -0.2) is 0 Å². The van der Waals surface area contributed by atoms with Crippen LogP contribution in [0.3, 0.4) is 0 Å². The van der Waals surface area contributed by atoms with Crippen molar-refractivity contribution >= 4 is 5.69 Å². The third-order valence-electron chi connectivity index (χ3n) is 3.69. The molecule has 21 heavy (non-hydrogen) atoms. The topological polar surface area (TPSA) is 30.5 Å². The molecule has 2 rings (SSSR count). The molecule has 3 heteroatoms. The molecule has 0 bridgehead atoms. The molecular weight excluding hydrogens is 262 g/mol. The fourth-order valence-electron chi connectivity index (χ4n) is 2.41. The van der Waals surface area contributed by atoms with Crippen LogP contribution in [0.1, 0.15) is 30.5 Å². The van der Waals surface area contributed by atoms with Crippen LogP contribution in [-0.4, -0.2) is 14.2 Å². The minimum Gasteiger partial charge on any atom is -0.493 e. The molecule has 0 fully saturated rings. The number of benzene rings is 2. The highest BCUT2D eigenvalue weighted by Crippen LogP contribution is 2.32. The molecule has 0 aliphatic heterocycles. The van der Waals surface area contributed by atoms with Crippen LogP contribution in [0.2, 0.25) is 0 Å². The maximum atomic E-state index is 5.39. The molecule has 112 valence electrons. The monoisotopic (exact) mass is 285 g/mol. The smallest absolute Gasteiger partial charge is 0.161 e. The number of anilines is 1. The Balaban J connectivity index is 2.27. The second-order valence-electron chi connectivity index (χ2n) is 5.03. The van der Waals surface area contributed by atoms with Crippen LogP contribution in [0.5, 0.6) is 11.5 Å². The molecule has 1 atom stereocenters. The Hall–Kier alpha value is -2.16. The van der Waals surface area contributed by atoms with Gasteiger partial charge in [0.05, 0.1) is 20.3 Å². The van der Waals surface area contributed by atoms with Gasteiger partial charge in [0, 0.05) is 5.69 Å². The summed E-state index contributed by atoms with van der Waals surface area (Å²) >= 11 is 0. The summed E-state index contributed by atoms with van der Waals surface area (Å²) in [7, 11) is 3.32. The van der Waals surface area contributed by atoms with Gasteiger partial charge in [0.25, 0.3) is 0 Å². The van der Waals surface area contributed by atoms with E-state index in [4.69, 9.17) is 9.47 Å². The molecule has 0 saturated carbocycles. The van der Waals surface area contributed by atoms with Crippen LogP contribution in [-0.2, 0) is 0 Å². The lowest BCUT2D eigenvalue weighted by Gasteiger charge is -2.21. The highest BCUT2D eigenvalue weighted by molar-refractivity contribution is 5.53. The maximum Gasteiger partial charge on any atom is 0.161 e. The number of nitrogens with one attached hydrogen (secondary N) is 1. The van der Waals surface area contributed by atoms with E-state index in [0.717, 1.165) is 17.9 Å². The summed E-state index contributed by atoms with van der Waals surface area (Å²) in [6.45, 7) is 4.29. The molecular formula is C18H23NO2. The maximum absolute atomic E-state index is 5.39. The molecule has 0 aliphatic carbocycles. The predicted octanol–water partition coefficient (Wildman–Crippen LogP) is 4.58. The van der Waals surface area contributed by atoms with E-state index in [0.29, 0.717) is 0 Å². The van der Waals surface area contributed by atoms with E-state index < -0.39 is 0 Å². The van der Waals surface area contributed by atoms with Gasteiger partial charge in [-0.3, -0.25) is 0 Å². The van der Waals surface area contributed by atoms with Crippen LogP contribution in [0, 0.1) is 6.92 Å². The average molecular weight is 285 g/mol. The van der Waals surface area contributed by atoms with Crippen LogP contribution in [0.15, 0.2) is 42.5 Å². The number of hydrogen-bond acceptors (Lipinski definition) is 3.